The third kappa shape index (κ3) is 21.0. The van der Waals surface area contributed by atoms with Crippen LogP contribution in [0.3, 0.4) is 0 Å². The second-order valence-corrected chi connectivity index (χ2v) is 7.47. The fraction of sp³-hybridized carbons (Fsp3) is 0.900. The molecular weight excluding hydrogens is 346 g/mol. The molecule has 2 N–H and O–H groups in total. The second-order valence-electron chi connectivity index (χ2n) is 7.47. The van der Waals surface area contributed by atoms with Gasteiger partial charge in [0, 0.05) is 25.9 Å². The van der Waals surface area contributed by atoms with E-state index in [4.69, 9.17) is 9.47 Å². The number of unbranched alkanes of at least 4 members (excludes halogenated alkanes) is 1. The largest absolute Gasteiger partial charge is 0.379 e. The monoisotopic (exact) mass is 387 g/mol. The third-order valence-electron chi connectivity index (χ3n) is 3.95. The Morgan fingerprint density at radius 1 is 0.815 bits per heavy atom. The van der Waals surface area contributed by atoms with Gasteiger partial charge in [0.25, 0.3) is 0 Å². The lowest BCUT2D eigenvalue weighted by molar-refractivity contribution is -0.122. The minimum absolute atomic E-state index is 0.0393. The number of rotatable bonds is 18. The van der Waals surface area contributed by atoms with Crippen molar-refractivity contribution >= 4 is 11.8 Å². The Bertz CT molecular complexity index is 376. The molecule has 0 bridgehead atoms. The maximum absolute atomic E-state index is 11.6. The average Bonchev–Trinajstić information content (AvgIpc) is 2.59. The molecule has 0 fully saturated rings. The Hall–Kier alpha value is -1.18. The Morgan fingerprint density at radius 2 is 1.44 bits per heavy atom. The smallest absolute Gasteiger partial charge is 0.222 e. The van der Waals surface area contributed by atoms with Gasteiger partial charge in [0.1, 0.15) is 0 Å². The van der Waals surface area contributed by atoms with Crippen LogP contribution in [0.25, 0.3) is 0 Å². The first kappa shape index (κ1) is 25.8. The molecule has 0 aromatic rings. The van der Waals surface area contributed by atoms with Gasteiger partial charge >= 0.3 is 0 Å². The highest BCUT2D eigenvalue weighted by molar-refractivity contribution is 5.76. The molecule has 2 amide bonds. The van der Waals surface area contributed by atoms with E-state index in [-0.39, 0.29) is 11.8 Å². The summed E-state index contributed by atoms with van der Waals surface area (Å²) in [4.78, 5) is 25.2. The summed E-state index contributed by atoms with van der Waals surface area (Å²) in [6.07, 6.45) is 5.18. The summed E-state index contributed by atoms with van der Waals surface area (Å²) in [5.74, 6) is 0.824. The Labute approximate surface area is 165 Å². The molecule has 0 atom stereocenters. The van der Waals surface area contributed by atoms with Crippen molar-refractivity contribution in [2.75, 3.05) is 60.2 Å². The van der Waals surface area contributed by atoms with Crippen molar-refractivity contribution in [3.63, 3.8) is 0 Å². The van der Waals surface area contributed by atoms with Crippen molar-refractivity contribution < 1.29 is 19.1 Å². The molecule has 0 aliphatic heterocycles. The van der Waals surface area contributed by atoms with Crippen molar-refractivity contribution in [1.29, 1.82) is 0 Å². The van der Waals surface area contributed by atoms with E-state index in [0.29, 0.717) is 45.8 Å². The molecule has 0 aromatic heterocycles. The zero-order valence-corrected chi connectivity index (χ0v) is 17.8. The lowest BCUT2D eigenvalue weighted by atomic mass is 10.1. The quantitative estimate of drug-likeness (QED) is 0.351. The molecule has 0 radical (unpaired) electrons. The first-order valence-corrected chi connectivity index (χ1v) is 10.3. The minimum atomic E-state index is 0.0393. The molecular formula is C20H41N3O4. The standard InChI is InChI=1S/C20H41N3O4/c1-18(2)8-5-6-11-21-20(25)10-14-26-16-17-27-15-12-22-19(24)9-7-13-23(3)4/h18H,5-17H2,1-4H3,(H,21,25)(H,22,24). The van der Waals surface area contributed by atoms with Crippen LogP contribution in [0.15, 0.2) is 0 Å². The molecule has 0 heterocycles. The number of amides is 2. The van der Waals surface area contributed by atoms with E-state index in [0.717, 1.165) is 38.3 Å². The first-order valence-electron chi connectivity index (χ1n) is 10.3. The van der Waals surface area contributed by atoms with Gasteiger partial charge in [-0.3, -0.25) is 9.59 Å². The Morgan fingerprint density at radius 3 is 2.11 bits per heavy atom. The van der Waals surface area contributed by atoms with Crippen LogP contribution < -0.4 is 10.6 Å². The van der Waals surface area contributed by atoms with E-state index in [1.807, 2.05) is 14.1 Å². The van der Waals surface area contributed by atoms with Crippen LogP contribution in [0.1, 0.15) is 52.4 Å². The molecule has 0 spiro atoms. The zero-order chi connectivity index (χ0) is 20.3. The normalized spacial score (nSPS) is 11.2. The summed E-state index contributed by atoms with van der Waals surface area (Å²) in [7, 11) is 3.99. The second kappa shape index (κ2) is 18.2. The van der Waals surface area contributed by atoms with E-state index < -0.39 is 0 Å². The Kier molecular flexibility index (Phi) is 17.4. The molecule has 0 aliphatic carbocycles. The molecule has 0 saturated carbocycles. The number of hydrogen-bond acceptors (Lipinski definition) is 5. The van der Waals surface area contributed by atoms with Crippen LogP contribution >= 0.6 is 0 Å². The van der Waals surface area contributed by atoms with E-state index in [1.165, 1.54) is 6.42 Å². The molecule has 7 nitrogen and oxygen atoms in total. The summed E-state index contributed by atoms with van der Waals surface area (Å²) in [5.41, 5.74) is 0. The van der Waals surface area contributed by atoms with Crippen molar-refractivity contribution in [3.8, 4) is 0 Å². The van der Waals surface area contributed by atoms with Gasteiger partial charge in [-0.25, -0.2) is 0 Å². The van der Waals surface area contributed by atoms with Crippen molar-refractivity contribution in [3.05, 3.63) is 0 Å². The number of nitrogens with one attached hydrogen (secondary N) is 2. The number of hydrogen-bond donors (Lipinski definition) is 2. The molecule has 0 aliphatic rings. The van der Waals surface area contributed by atoms with E-state index in [1.54, 1.807) is 0 Å². The number of ether oxygens (including phenoxy) is 2. The predicted molar refractivity (Wildman–Crippen MR) is 109 cm³/mol. The molecule has 0 rings (SSSR count). The summed E-state index contributed by atoms with van der Waals surface area (Å²) >= 11 is 0. The van der Waals surface area contributed by atoms with Gasteiger partial charge in [-0.05, 0) is 39.4 Å². The SMILES string of the molecule is CC(C)CCCCNC(=O)CCOCCOCCNC(=O)CCCN(C)C. The van der Waals surface area contributed by atoms with Gasteiger partial charge in [-0.2, -0.15) is 0 Å². The fourth-order valence-corrected chi connectivity index (χ4v) is 2.39. The minimum Gasteiger partial charge on any atom is -0.379 e. The van der Waals surface area contributed by atoms with Crippen molar-refractivity contribution in [1.82, 2.24) is 15.5 Å². The topological polar surface area (TPSA) is 79.9 Å². The van der Waals surface area contributed by atoms with E-state index in [2.05, 4.69) is 29.4 Å². The van der Waals surface area contributed by atoms with Gasteiger partial charge in [0.05, 0.1) is 26.4 Å². The van der Waals surface area contributed by atoms with Crippen LogP contribution in [0.4, 0.5) is 0 Å². The predicted octanol–water partition coefficient (Wildman–Crippen LogP) is 1.81. The maximum atomic E-state index is 11.6. The molecule has 0 unspecified atom stereocenters. The number of carbonyl (C=O) groups is 2. The van der Waals surface area contributed by atoms with Gasteiger partial charge < -0.3 is 25.0 Å². The lowest BCUT2D eigenvalue weighted by Gasteiger charge is -2.10. The molecule has 27 heavy (non-hydrogen) atoms. The highest BCUT2D eigenvalue weighted by atomic mass is 16.5. The Balaban J connectivity index is 3.28. The van der Waals surface area contributed by atoms with E-state index >= 15 is 0 Å². The molecule has 0 saturated heterocycles. The van der Waals surface area contributed by atoms with Gasteiger partial charge in [-0.15, -0.1) is 0 Å². The average molecular weight is 388 g/mol. The van der Waals surface area contributed by atoms with Crippen molar-refractivity contribution in [2.24, 2.45) is 5.92 Å². The van der Waals surface area contributed by atoms with Gasteiger partial charge in [0.2, 0.25) is 11.8 Å². The fourth-order valence-electron chi connectivity index (χ4n) is 2.39. The number of nitrogens with zero attached hydrogens (tertiary/aromatic N) is 1. The summed E-state index contributed by atoms with van der Waals surface area (Å²) < 4.78 is 10.8. The highest BCUT2D eigenvalue weighted by Crippen LogP contribution is 2.05. The van der Waals surface area contributed by atoms with Gasteiger partial charge in [0.15, 0.2) is 0 Å². The molecule has 7 heteroatoms. The highest BCUT2D eigenvalue weighted by Gasteiger charge is 2.02. The number of carbonyl (C=O) groups excluding carboxylic acids is 2. The third-order valence-corrected chi connectivity index (χ3v) is 3.95. The summed E-state index contributed by atoms with van der Waals surface area (Å²) in [6, 6.07) is 0. The van der Waals surface area contributed by atoms with Crippen LogP contribution in [-0.4, -0.2) is 76.9 Å². The molecule has 160 valence electrons. The van der Waals surface area contributed by atoms with Crippen LogP contribution in [0, 0.1) is 5.92 Å². The van der Waals surface area contributed by atoms with Crippen LogP contribution in [-0.2, 0) is 19.1 Å². The first-order chi connectivity index (χ1) is 12.9. The zero-order valence-electron chi connectivity index (χ0n) is 17.8. The maximum Gasteiger partial charge on any atom is 0.222 e. The van der Waals surface area contributed by atoms with Gasteiger partial charge in [-0.1, -0.05) is 26.7 Å². The van der Waals surface area contributed by atoms with E-state index in [9.17, 15) is 9.59 Å². The summed E-state index contributed by atoms with van der Waals surface area (Å²) in [6.45, 7) is 8.40. The lowest BCUT2D eigenvalue weighted by Crippen LogP contribution is -2.28. The van der Waals surface area contributed by atoms with Crippen molar-refractivity contribution in [2.45, 2.75) is 52.4 Å². The molecule has 0 aromatic carbocycles. The van der Waals surface area contributed by atoms with Crippen LogP contribution in [0.2, 0.25) is 0 Å². The summed E-state index contributed by atoms with van der Waals surface area (Å²) in [5, 5.41) is 5.75. The van der Waals surface area contributed by atoms with Crippen LogP contribution in [0.5, 0.6) is 0 Å².